The largest absolute Gasteiger partial charge is 0.357 e. The number of nitrogens with zero attached hydrogens (tertiary/aromatic N) is 2. The Hall–Kier alpha value is -1.16. The molecule has 1 aromatic carbocycles. The molecule has 3 atom stereocenters. The zero-order valence-electron chi connectivity index (χ0n) is 19.5. The molecule has 1 aromatic rings. The van der Waals surface area contributed by atoms with Gasteiger partial charge in [0.1, 0.15) is 0 Å². The molecule has 8 heteroatoms. The van der Waals surface area contributed by atoms with Crippen LogP contribution in [0.4, 0.5) is 0 Å². The molecule has 1 saturated carbocycles. The summed E-state index contributed by atoms with van der Waals surface area (Å²) in [6.45, 7) is 7.03. The van der Waals surface area contributed by atoms with Crippen LogP contribution in [-0.2, 0) is 28.6 Å². The summed E-state index contributed by atoms with van der Waals surface area (Å²) < 4.78 is 12.2. The molecule has 6 nitrogen and oxygen atoms in total. The van der Waals surface area contributed by atoms with Crippen LogP contribution in [0.15, 0.2) is 29.3 Å². The van der Waals surface area contributed by atoms with Crippen molar-refractivity contribution in [3.05, 3.63) is 35.4 Å². The van der Waals surface area contributed by atoms with Crippen molar-refractivity contribution in [1.82, 2.24) is 15.5 Å². The van der Waals surface area contributed by atoms with E-state index in [1.165, 1.54) is 11.1 Å². The summed E-state index contributed by atoms with van der Waals surface area (Å²) in [7, 11) is -0.724. The summed E-state index contributed by atoms with van der Waals surface area (Å²) >= 11 is 0. The van der Waals surface area contributed by atoms with Gasteiger partial charge in [-0.3, -0.25) is 14.0 Å². The number of carbonyl (C=O) groups is 1. The fraction of sp³-hybridized carbons (Fsp3) is 0.667. The van der Waals surface area contributed by atoms with Gasteiger partial charge in [0, 0.05) is 60.4 Å². The SMILES string of the molecule is CCNC(=NCCCC(=O)N1CCc2ccccc2C1)NC1CCCC(S(=O)CC)C1.I. The summed E-state index contributed by atoms with van der Waals surface area (Å²) in [5.74, 6) is 1.77. The van der Waals surface area contributed by atoms with E-state index in [1.807, 2.05) is 17.9 Å². The fourth-order valence-electron chi connectivity index (χ4n) is 4.55. The van der Waals surface area contributed by atoms with Gasteiger partial charge in [-0.1, -0.05) is 37.6 Å². The molecule has 2 aliphatic rings. The zero-order chi connectivity index (χ0) is 22.1. The first-order valence-corrected chi connectivity index (χ1v) is 13.3. The molecule has 32 heavy (non-hydrogen) atoms. The third-order valence-electron chi connectivity index (χ3n) is 6.27. The Bertz CT molecular complexity index is 789. The third kappa shape index (κ3) is 8.01. The summed E-state index contributed by atoms with van der Waals surface area (Å²) in [5.41, 5.74) is 2.64. The average molecular weight is 575 g/mol. The number of aliphatic imine (C=N–C) groups is 1. The van der Waals surface area contributed by atoms with E-state index < -0.39 is 10.8 Å². The van der Waals surface area contributed by atoms with Crippen LogP contribution in [0.3, 0.4) is 0 Å². The summed E-state index contributed by atoms with van der Waals surface area (Å²) in [5, 5.41) is 7.15. The molecular weight excluding hydrogens is 535 g/mol. The number of halogens is 1. The Morgan fingerprint density at radius 2 is 2.00 bits per heavy atom. The summed E-state index contributed by atoms with van der Waals surface area (Å²) in [6, 6.07) is 8.73. The fourth-order valence-corrected chi connectivity index (χ4v) is 5.90. The Morgan fingerprint density at radius 3 is 2.75 bits per heavy atom. The van der Waals surface area contributed by atoms with Gasteiger partial charge < -0.3 is 15.5 Å². The van der Waals surface area contributed by atoms with Gasteiger partial charge in [0.05, 0.1) is 0 Å². The Labute approximate surface area is 212 Å². The molecule has 0 saturated heterocycles. The molecule has 2 N–H and O–H groups in total. The van der Waals surface area contributed by atoms with E-state index in [0.29, 0.717) is 24.3 Å². The Morgan fingerprint density at radius 1 is 1.22 bits per heavy atom. The molecule has 180 valence electrons. The van der Waals surface area contributed by atoms with Crippen molar-refractivity contribution in [3.8, 4) is 0 Å². The molecular formula is C24H39IN4O2S. The highest BCUT2D eigenvalue weighted by Crippen LogP contribution is 2.23. The van der Waals surface area contributed by atoms with Gasteiger partial charge in [0.15, 0.2) is 5.96 Å². The van der Waals surface area contributed by atoms with Crippen LogP contribution in [0.5, 0.6) is 0 Å². The van der Waals surface area contributed by atoms with Gasteiger partial charge >= 0.3 is 0 Å². The average Bonchev–Trinajstić information content (AvgIpc) is 2.81. The van der Waals surface area contributed by atoms with Crippen LogP contribution in [0.25, 0.3) is 0 Å². The first-order chi connectivity index (χ1) is 15.1. The third-order valence-corrected chi connectivity index (χ3v) is 8.01. The predicted molar refractivity (Wildman–Crippen MR) is 144 cm³/mol. The summed E-state index contributed by atoms with van der Waals surface area (Å²) in [4.78, 5) is 19.3. The first-order valence-electron chi connectivity index (χ1n) is 11.9. The molecule has 3 rings (SSSR count). The Balaban J connectivity index is 0.00000363. The highest BCUT2D eigenvalue weighted by molar-refractivity contribution is 14.0. The van der Waals surface area contributed by atoms with Gasteiger partial charge in [0.25, 0.3) is 0 Å². The number of fused-ring (bicyclic) bond motifs is 1. The highest BCUT2D eigenvalue weighted by Gasteiger charge is 2.26. The normalized spacial score (nSPS) is 21.8. The van der Waals surface area contributed by atoms with E-state index in [4.69, 9.17) is 4.99 Å². The second-order valence-corrected chi connectivity index (χ2v) is 10.5. The van der Waals surface area contributed by atoms with Gasteiger partial charge in [-0.05, 0) is 50.2 Å². The lowest BCUT2D eigenvalue weighted by Gasteiger charge is -2.30. The van der Waals surface area contributed by atoms with E-state index in [1.54, 1.807) is 0 Å². The van der Waals surface area contributed by atoms with Crippen molar-refractivity contribution in [2.45, 2.75) is 76.6 Å². The number of carbonyl (C=O) groups excluding carboxylic acids is 1. The number of nitrogens with one attached hydrogen (secondary N) is 2. The van der Waals surface area contributed by atoms with Crippen LogP contribution in [-0.4, -0.2) is 57.7 Å². The maximum Gasteiger partial charge on any atom is 0.222 e. The van der Waals surface area contributed by atoms with Gasteiger partial charge in [-0.25, -0.2) is 0 Å². The van der Waals surface area contributed by atoms with Crippen LogP contribution >= 0.6 is 24.0 Å². The van der Waals surface area contributed by atoms with Crippen molar-refractivity contribution in [3.63, 3.8) is 0 Å². The quantitative estimate of drug-likeness (QED) is 0.216. The maximum absolute atomic E-state index is 12.6. The number of hydrogen-bond donors (Lipinski definition) is 2. The zero-order valence-corrected chi connectivity index (χ0v) is 22.6. The number of benzene rings is 1. The molecule has 1 aliphatic carbocycles. The smallest absolute Gasteiger partial charge is 0.222 e. The molecule has 0 bridgehead atoms. The maximum atomic E-state index is 12.6. The number of rotatable bonds is 8. The lowest BCUT2D eigenvalue weighted by molar-refractivity contribution is -0.132. The number of guanidine groups is 1. The van der Waals surface area contributed by atoms with Gasteiger partial charge in [-0.2, -0.15) is 0 Å². The van der Waals surface area contributed by atoms with Crippen LogP contribution in [0.1, 0.15) is 63.5 Å². The number of amides is 1. The molecule has 1 amide bonds. The predicted octanol–water partition coefficient (Wildman–Crippen LogP) is 3.60. The minimum atomic E-state index is -0.724. The highest BCUT2D eigenvalue weighted by atomic mass is 127. The van der Waals surface area contributed by atoms with Crippen LogP contribution in [0, 0.1) is 0 Å². The lowest BCUT2D eigenvalue weighted by atomic mass is 9.95. The van der Waals surface area contributed by atoms with Gasteiger partial charge in [0.2, 0.25) is 5.91 Å². The van der Waals surface area contributed by atoms with Crippen LogP contribution < -0.4 is 10.6 Å². The molecule has 0 aromatic heterocycles. The van der Waals surface area contributed by atoms with Crippen molar-refractivity contribution in [2.75, 3.05) is 25.4 Å². The molecule has 3 unspecified atom stereocenters. The molecule has 1 heterocycles. The van der Waals surface area contributed by atoms with E-state index in [0.717, 1.165) is 69.9 Å². The lowest BCUT2D eigenvalue weighted by Crippen LogP contribution is -2.46. The second-order valence-electron chi connectivity index (χ2n) is 8.50. The second kappa shape index (κ2) is 14.2. The summed E-state index contributed by atoms with van der Waals surface area (Å²) in [6.07, 6.45) is 6.44. The number of hydrogen-bond acceptors (Lipinski definition) is 3. The van der Waals surface area contributed by atoms with E-state index in [9.17, 15) is 9.00 Å². The molecule has 1 aliphatic heterocycles. The van der Waals surface area contributed by atoms with E-state index in [2.05, 4.69) is 35.8 Å². The Kier molecular flexibility index (Phi) is 12.0. The monoisotopic (exact) mass is 574 g/mol. The molecule has 0 spiro atoms. The van der Waals surface area contributed by atoms with Gasteiger partial charge in [-0.15, -0.1) is 24.0 Å². The molecule has 0 radical (unpaired) electrons. The minimum absolute atomic E-state index is 0. The van der Waals surface area contributed by atoms with Crippen molar-refractivity contribution >= 4 is 46.6 Å². The molecule has 1 fully saturated rings. The van der Waals surface area contributed by atoms with Crippen molar-refractivity contribution in [1.29, 1.82) is 0 Å². The minimum Gasteiger partial charge on any atom is -0.357 e. The van der Waals surface area contributed by atoms with Crippen LogP contribution in [0.2, 0.25) is 0 Å². The van der Waals surface area contributed by atoms with E-state index >= 15 is 0 Å². The van der Waals surface area contributed by atoms with E-state index in [-0.39, 0.29) is 29.9 Å². The van der Waals surface area contributed by atoms with Crippen molar-refractivity contribution < 1.29 is 9.00 Å². The first kappa shape index (κ1) is 27.1. The standard InChI is InChI=1S/C24H38N4O2S.HI/c1-3-25-24(27-21-11-7-12-22(17-21)31(30)4-2)26-15-8-13-23(29)28-16-14-19-9-5-6-10-20(19)18-28;/h5-6,9-10,21-22H,3-4,7-8,11-18H2,1-2H3,(H2,25,26,27);1H. The topological polar surface area (TPSA) is 73.8 Å². The van der Waals surface area contributed by atoms with Crippen molar-refractivity contribution in [2.24, 2.45) is 4.99 Å².